The Morgan fingerprint density at radius 2 is 0.830 bits per heavy atom. The van der Waals surface area contributed by atoms with Crippen LogP contribution in [0.25, 0.3) is 76.5 Å². The molecule has 0 spiro atoms. The fourth-order valence-corrected chi connectivity index (χ4v) is 8.96. The Labute approximate surface area is 310 Å². The van der Waals surface area contributed by atoms with Crippen LogP contribution in [0.4, 0.5) is 0 Å². The van der Waals surface area contributed by atoms with E-state index in [1.807, 2.05) is 0 Å². The van der Waals surface area contributed by atoms with Crippen LogP contribution in [-0.2, 0) is 0 Å². The third-order valence-corrected chi connectivity index (χ3v) is 11.4. The Morgan fingerprint density at radius 1 is 0.396 bits per heavy atom. The monoisotopic (exact) mass is 677 g/mol. The molecule has 0 saturated carbocycles. The van der Waals surface area contributed by atoms with Crippen LogP contribution in [0.3, 0.4) is 0 Å². The van der Waals surface area contributed by atoms with Gasteiger partial charge < -0.3 is 5.73 Å². The highest BCUT2D eigenvalue weighted by Gasteiger charge is 2.24. The highest BCUT2D eigenvalue weighted by atomic mass is 14.6. The van der Waals surface area contributed by atoms with E-state index in [4.69, 9.17) is 5.73 Å². The molecule has 0 amide bonds. The maximum Gasteiger partial charge on any atom is 0.0332 e. The molecule has 0 bridgehead atoms. The minimum absolute atomic E-state index is 0.0409. The molecule has 8 aromatic rings. The zero-order valence-corrected chi connectivity index (χ0v) is 29.5. The summed E-state index contributed by atoms with van der Waals surface area (Å²) in [6.45, 7) is 0. The first-order valence-electron chi connectivity index (χ1n) is 18.8. The predicted molar refractivity (Wildman–Crippen MR) is 228 cm³/mol. The van der Waals surface area contributed by atoms with Gasteiger partial charge in [-0.1, -0.05) is 188 Å². The van der Waals surface area contributed by atoms with E-state index in [0.717, 1.165) is 12.8 Å². The molecule has 0 aliphatic heterocycles. The normalized spacial score (nSPS) is 17.1. The SMILES string of the molecule is NC1C=CC(c2c3ccccc3c(C3=CCCC=C3)c3ccccc23)=CC1c1ccc(-c2c3ccccc3c(-c3ccccc3)c3ccccc23)cc1. The third kappa shape index (κ3) is 5.27. The Hall–Kier alpha value is -6.28. The summed E-state index contributed by atoms with van der Waals surface area (Å²) in [5.41, 5.74) is 18.3. The number of fused-ring (bicyclic) bond motifs is 4. The standard InChI is InChI=1S/C52H39N/c53-48-32-31-38(52-45-25-13-11-23-43(45)50(36-17-5-2-6-18-36)44-24-12-14-26-46(44)52)33-47(48)34-27-29-37(30-28-34)51-41-21-9-7-19-39(41)49(35-15-3-1-4-16-35)40-20-8-10-22-42(40)51/h1,3-5,7-33,47-48H,2,6,53H2. The van der Waals surface area contributed by atoms with Gasteiger partial charge in [-0.2, -0.15) is 0 Å². The summed E-state index contributed by atoms with van der Waals surface area (Å²) >= 11 is 0. The predicted octanol–water partition coefficient (Wildman–Crippen LogP) is 13.4. The van der Waals surface area contributed by atoms with Gasteiger partial charge in [0.05, 0.1) is 0 Å². The fraction of sp³-hybridized carbons (Fsp3) is 0.0769. The van der Waals surface area contributed by atoms with Crippen molar-refractivity contribution in [3.05, 3.63) is 205 Å². The summed E-state index contributed by atoms with van der Waals surface area (Å²) in [7, 11) is 0. The molecule has 252 valence electrons. The van der Waals surface area contributed by atoms with Crippen molar-refractivity contribution in [2.75, 3.05) is 0 Å². The lowest BCUT2D eigenvalue weighted by Gasteiger charge is -2.26. The molecule has 2 N–H and O–H groups in total. The Balaban J connectivity index is 1.10. The van der Waals surface area contributed by atoms with E-state index in [1.165, 1.54) is 93.2 Å². The summed E-state index contributed by atoms with van der Waals surface area (Å²) < 4.78 is 0. The van der Waals surface area contributed by atoms with Gasteiger partial charge in [-0.25, -0.2) is 0 Å². The topological polar surface area (TPSA) is 26.0 Å². The molecule has 53 heavy (non-hydrogen) atoms. The molecule has 0 fully saturated rings. The van der Waals surface area contributed by atoms with Crippen LogP contribution in [0.1, 0.15) is 35.4 Å². The van der Waals surface area contributed by atoms with Crippen molar-refractivity contribution in [2.24, 2.45) is 5.73 Å². The van der Waals surface area contributed by atoms with Crippen LogP contribution in [0, 0.1) is 0 Å². The van der Waals surface area contributed by atoms with Gasteiger partial charge in [0.2, 0.25) is 0 Å². The highest BCUT2D eigenvalue weighted by molar-refractivity contribution is 6.21. The van der Waals surface area contributed by atoms with Crippen molar-refractivity contribution < 1.29 is 0 Å². The Kier molecular flexibility index (Phi) is 7.74. The molecule has 2 aliphatic rings. The first-order valence-corrected chi connectivity index (χ1v) is 18.8. The lowest BCUT2D eigenvalue weighted by Crippen LogP contribution is -2.27. The zero-order valence-electron chi connectivity index (χ0n) is 29.5. The molecule has 0 saturated heterocycles. The van der Waals surface area contributed by atoms with Crippen LogP contribution >= 0.6 is 0 Å². The average molecular weight is 678 g/mol. The van der Waals surface area contributed by atoms with E-state index in [-0.39, 0.29) is 12.0 Å². The van der Waals surface area contributed by atoms with Crippen molar-refractivity contribution in [3.8, 4) is 22.3 Å². The first-order chi connectivity index (χ1) is 26.2. The second-order valence-corrected chi connectivity index (χ2v) is 14.4. The number of hydrogen-bond donors (Lipinski definition) is 1. The van der Waals surface area contributed by atoms with Crippen molar-refractivity contribution in [1.82, 2.24) is 0 Å². The van der Waals surface area contributed by atoms with E-state index in [2.05, 4.69) is 188 Å². The van der Waals surface area contributed by atoms with E-state index in [9.17, 15) is 0 Å². The number of nitrogens with two attached hydrogens (primary N) is 1. The Bertz CT molecular complexity index is 2720. The van der Waals surface area contributed by atoms with E-state index in [1.54, 1.807) is 0 Å². The molecule has 1 heteroatoms. The molecule has 2 unspecified atom stereocenters. The number of hydrogen-bond acceptors (Lipinski definition) is 1. The lowest BCUT2D eigenvalue weighted by atomic mass is 9.80. The van der Waals surface area contributed by atoms with E-state index >= 15 is 0 Å². The maximum atomic E-state index is 6.92. The van der Waals surface area contributed by atoms with Gasteiger partial charge in [-0.3, -0.25) is 0 Å². The van der Waals surface area contributed by atoms with Crippen molar-refractivity contribution in [3.63, 3.8) is 0 Å². The number of rotatable bonds is 5. The minimum Gasteiger partial charge on any atom is -0.324 e. The van der Waals surface area contributed by atoms with Gasteiger partial charge in [-0.15, -0.1) is 0 Å². The van der Waals surface area contributed by atoms with Crippen molar-refractivity contribution in [1.29, 1.82) is 0 Å². The van der Waals surface area contributed by atoms with Crippen LogP contribution in [0.15, 0.2) is 188 Å². The van der Waals surface area contributed by atoms with Gasteiger partial charge in [0.1, 0.15) is 0 Å². The molecular formula is C52H39N. The van der Waals surface area contributed by atoms with Gasteiger partial charge in [-0.05, 0) is 106 Å². The smallest absolute Gasteiger partial charge is 0.0332 e. The number of allylic oxidation sites excluding steroid dienone is 6. The van der Waals surface area contributed by atoms with Crippen LogP contribution in [-0.4, -0.2) is 6.04 Å². The van der Waals surface area contributed by atoms with Gasteiger partial charge in [0.15, 0.2) is 0 Å². The summed E-state index contributed by atoms with van der Waals surface area (Å²) in [6.07, 6.45) is 16.0. The fourth-order valence-electron chi connectivity index (χ4n) is 8.96. The molecule has 0 aromatic heterocycles. The zero-order chi connectivity index (χ0) is 35.3. The lowest BCUT2D eigenvalue weighted by molar-refractivity contribution is 0.716. The largest absolute Gasteiger partial charge is 0.324 e. The number of benzene rings is 8. The molecule has 0 heterocycles. The summed E-state index contributed by atoms with van der Waals surface area (Å²) in [5.74, 6) is 0.0409. The molecule has 2 aliphatic carbocycles. The van der Waals surface area contributed by atoms with E-state index < -0.39 is 0 Å². The molecular weight excluding hydrogens is 639 g/mol. The quantitative estimate of drug-likeness (QED) is 0.180. The second kappa shape index (κ2) is 13.0. The summed E-state index contributed by atoms with van der Waals surface area (Å²) in [5, 5.41) is 10.2. The molecule has 0 radical (unpaired) electrons. The second-order valence-electron chi connectivity index (χ2n) is 14.4. The Morgan fingerprint density at radius 3 is 1.30 bits per heavy atom. The summed E-state index contributed by atoms with van der Waals surface area (Å²) in [6, 6.07) is 55.4. The molecule has 2 atom stereocenters. The minimum atomic E-state index is -0.120. The van der Waals surface area contributed by atoms with Crippen molar-refractivity contribution in [2.45, 2.75) is 24.8 Å². The highest BCUT2D eigenvalue weighted by Crippen LogP contribution is 2.45. The molecule has 10 rings (SSSR count). The maximum absolute atomic E-state index is 6.92. The van der Waals surface area contributed by atoms with Crippen LogP contribution in [0.5, 0.6) is 0 Å². The van der Waals surface area contributed by atoms with Gasteiger partial charge in [0.25, 0.3) is 0 Å². The van der Waals surface area contributed by atoms with Gasteiger partial charge in [0, 0.05) is 12.0 Å². The van der Waals surface area contributed by atoms with Crippen molar-refractivity contribution >= 4 is 54.2 Å². The van der Waals surface area contributed by atoms with Gasteiger partial charge >= 0.3 is 0 Å². The van der Waals surface area contributed by atoms with Crippen LogP contribution in [0.2, 0.25) is 0 Å². The summed E-state index contributed by atoms with van der Waals surface area (Å²) in [4.78, 5) is 0. The average Bonchev–Trinajstić information content (AvgIpc) is 3.23. The first kappa shape index (κ1) is 31.5. The van der Waals surface area contributed by atoms with Crippen LogP contribution < -0.4 is 5.73 Å². The molecule has 1 nitrogen and oxygen atoms in total. The molecule has 8 aromatic carbocycles. The van der Waals surface area contributed by atoms with E-state index in [0.29, 0.717) is 0 Å². The third-order valence-electron chi connectivity index (χ3n) is 11.4.